The number of fused-ring (bicyclic) bond motifs is 1. The second-order valence-corrected chi connectivity index (χ2v) is 6.26. The van der Waals surface area contributed by atoms with E-state index >= 15 is 0 Å². The molecule has 2 aromatic rings. The van der Waals surface area contributed by atoms with Crippen LogP contribution in [0.2, 0.25) is 0 Å². The highest BCUT2D eigenvalue weighted by Crippen LogP contribution is 2.32. The second-order valence-electron chi connectivity index (χ2n) is 6.26. The van der Waals surface area contributed by atoms with Gasteiger partial charge in [-0.15, -0.1) is 0 Å². The molecule has 0 aromatic heterocycles. The van der Waals surface area contributed by atoms with Gasteiger partial charge in [0.2, 0.25) is 0 Å². The smallest absolute Gasteiger partial charge is 0.0476 e. The molecule has 1 fully saturated rings. The van der Waals surface area contributed by atoms with Crippen molar-refractivity contribution < 1.29 is 0 Å². The molecule has 3 rings (SSSR count). The molecule has 1 heterocycles. The van der Waals surface area contributed by atoms with Crippen LogP contribution >= 0.6 is 0 Å². The molecule has 1 aliphatic heterocycles. The van der Waals surface area contributed by atoms with Gasteiger partial charge in [0.15, 0.2) is 0 Å². The van der Waals surface area contributed by atoms with Crippen LogP contribution < -0.4 is 5.73 Å². The number of hydrogen-bond acceptors (Lipinski definition) is 2. The van der Waals surface area contributed by atoms with E-state index < -0.39 is 0 Å². The summed E-state index contributed by atoms with van der Waals surface area (Å²) in [4.78, 5) is 2.60. The van der Waals surface area contributed by atoms with Crippen molar-refractivity contribution in [3.05, 3.63) is 48.0 Å². The van der Waals surface area contributed by atoms with Crippen molar-refractivity contribution in [3.8, 4) is 0 Å². The predicted octanol–water partition coefficient (Wildman–Crippen LogP) is 3.96. The van der Waals surface area contributed by atoms with Gasteiger partial charge in [0.05, 0.1) is 0 Å². The van der Waals surface area contributed by atoms with Crippen LogP contribution in [0, 0.1) is 5.92 Å². The number of rotatable bonds is 5. The highest BCUT2D eigenvalue weighted by Gasteiger charge is 2.28. The topological polar surface area (TPSA) is 29.3 Å². The third-order valence-corrected chi connectivity index (χ3v) is 4.86. The van der Waals surface area contributed by atoms with E-state index in [-0.39, 0.29) is 0 Å². The van der Waals surface area contributed by atoms with E-state index in [0.717, 1.165) is 5.92 Å². The highest BCUT2D eigenvalue weighted by molar-refractivity contribution is 5.86. The predicted molar refractivity (Wildman–Crippen MR) is 90.3 cm³/mol. The zero-order valence-corrected chi connectivity index (χ0v) is 13.0. The van der Waals surface area contributed by atoms with Gasteiger partial charge in [-0.05, 0) is 41.6 Å². The van der Waals surface area contributed by atoms with Crippen molar-refractivity contribution in [3.63, 3.8) is 0 Å². The molecule has 1 saturated heterocycles. The van der Waals surface area contributed by atoms with E-state index in [4.69, 9.17) is 5.73 Å². The quantitative estimate of drug-likeness (QED) is 0.899. The molecule has 1 aliphatic rings. The average Bonchev–Trinajstić information content (AvgIpc) is 2.97. The zero-order valence-electron chi connectivity index (χ0n) is 13.0. The van der Waals surface area contributed by atoms with E-state index in [1.165, 1.54) is 48.7 Å². The molecule has 112 valence electrons. The first-order valence-corrected chi connectivity index (χ1v) is 8.25. The summed E-state index contributed by atoms with van der Waals surface area (Å²) in [5, 5.41) is 2.67. The van der Waals surface area contributed by atoms with E-state index in [2.05, 4.69) is 54.3 Å². The fourth-order valence-corrected chi connectivity index (χ4v) is 3.80. The molecular weight excluding hydrogens is 256 g/mol. The van der Waals surface area contributed by atoms with Gasteiger partial charge in [0.25, 0.3) is 0 Å². The maximum atomic E-state index is 6.15. The molecule has 0 aliphatic carbocycles. The Morgan fingerprint density at radius 1 is 1.19 bits per heavy atom. The Kier molecular flexibility index (Phi) is 4.57. The van der Waals surface area contributed by atoms with Crippen LogP contribution in [-0.2, 0) is 0 Å². The standard InChI is InChI=1S/C19H26N2/c1-2-6-15-11-12-21(14-15)19(13-20)18-10-5-8-16-7-3-4-9-17(16)18/h3-5,7-10,15,19H,2,6,11-14,20H2,1H3. The Morgan fingerprint density at radius 3 is 2.81 bits per heavy atom. The maximum absolute atomic E-state index is 6.15. The Balaban J connectivity index is 1.89. The lowest BCUT2D eigenvalue weighted by molar-refractivity contribution is 0.241. The van der Waals surface area contributed by atoms with Crippen LogP contribution in [0.25, 0.3) is 10.8 Å². The summed E-state index contributed by atoms with van der Waals surface area (Å²) in [6.45, 7) is 5.38. The molecule has 2 unspecified atom stereocenters. The molecule has 2 nitrogen and oxygen atoms in total. The molecule has 0 bridgehead atoms. The molecular formula is C19H26N2. The minimum atomic E-state index is 0.359. The summed E-state index contributed by atoms with van der Waals surface area (Å²) in [5.74, 6) is 0.860. The zero-order chi connectivity index (χ0) is 14.7. The van der Waals surface area contributed by atoms with Crippen molar-refractivity contribution >= 4 is 10.8 Å². The number of hydrogen-bond donors (Lipinski definition) is 1. The van der Waals surface area contributed by atoms with Crippen LogP contribution in [0.1, 0.15) is 37.8 Å². The Morgan fingerprint density at radius 2 is 2.00 bits per heavy atom. The van der Waals surface area contributed by atoms with E-state index in [9.17, 15) is 0 Å². The molecule has 0 amide bonds. The number of nitrogens with zero attached hydrogens (tertiary/aromatic N) is 1. The summed E-state index contributed by atoms with van der Waals surface area (Å²) < 4.78 is 0. The van der Waals surface area contributed by atoms with Gasteiger partial charge < -0.3 is 5.73 Å². The molecule has 2 N–H and O–H groups in total. The van der Waals surface area contributed by atoms with Gasteiger partial charge in [-0.25, -0.2) is 0 Å². The van der Waals surface area contributed by atoms with E-state index in [0.29, 0.717) is 12.6 Å². The monoisotopic (exact) mass is 282 g/mol. The van der Waals surface area contributed by atoms with Gasteiger partial charge in [0.1, 0.15) is 0 Å². The highest BCUT2D eigenvalue weighted by atomic mass is 15.2. The summed E-state index contributed by atoms with van der Waals surface area (Å²) >= 11 is 0. The molecule has 0 saturated carbocycles. The van der Waals surface area contributed by atoms with Crippen LogP contribution in [0.4, 0.5) is 0 Å². The average molecular weight is 282 g/mol. The van der Waals surface area contributed by atoms with Crippen LogP contribution in [0.3, 0.4) is 0 Å². The molecule has 2 aromatic carbocycles. The van der Waals surface area contributed by atoms with Crippen molar-refractivity contribution in [1.82, 2.24) is 4.90 Å². The van der Waals surface area contributed by atoms with Gasteiger partial charge in [-0.2, -0.15) is 0 Å². The van der Waals surface area contributed by atoms with Crippen molar-refractivity contribution in [2.75, 3.05) is 19.6 Å². The fourth-order valence-electron chi connectivity index (χ4n) is 3.80. The van der Waals surface area contributed by atoms with Crippen LogP contribution in [0.15, 0.2) is 42.5 Å². The van der Waals surface area contributed by atoms with Crippen molar-refractivity contribution in [2.24, 2.45) is 11.7 Å². The fraction of sp³-hybridized carbons (Fsp3) is 0.474. The Hall–Kier alpha value is -1.38. The SMILES string of the molecule is CCCC1CCN(C(CN)c2cccc3ccccc23)C1. The van der Waals surface area contributed by atoms with Crippen molar-refractivity contribution in [1.29, 1.82) is 0 Å². The molecule has 21 heavy (non-hydrogen) atoms. The normalized spacial score (nSPS) is 21.0. The maximum Gasteiger partial charge on any atom is 0.0476 e. The lowest BCUT2D eigenvalue weighted by Crippen LogP contribution is -2.32. The first-order valence-electron chi connectivity index (χ1n) is 8.25. The molecule has 2 heteroatoms. The Bertz CT molecular complexity index is 588. The van der Waals surface area contributed by atoms with Gasteiger partial charge in [-0.1, -0.05) is 55.8 Å². The molecule has 0 spiro atoms. The van der Waals surface area contributed by atoms with E-state index in [1.54, 1.807) is 0 Å². The van der Waals surface area contributed by atoms with Crippen LogP contribution in [0.5, 0.6) is 0 Å². The number of benzene rings is 2. The molecule has 0 radical (unpaired) electrons. The number of likely N-dealkylation sites (tertiary alicyclic amines) is 1. The first kappa shape index (κ1) is 14.6. The van der Waals surface area contributed by atoms with Gasteiger partial charge in [0, 0.05) is 19.1 Å². The van der Waals surface area contributed by atoms with E-state index in [1.807, 2.05) is 0 Å². The van der Waals surface area contributed by atoms with Crippen molar-refractivity contribution in [2.45, 2.75) is 32.2 Å². The third kappa shape index (κ3) is 2.97. The minimum absolute atomic E-state index is 0.359. The van der Waals surface area contributed by atoms with Gasteiger partial charge >= 0.3 is 0 Å². The largest absolute Gasteiger partial charge is 0.329 e. The molecule has 2 atom stereocenters. The summed E-state index contributed by atoms with van der Waals surface area (Å²) in [6.07, 6.45) is 3.97. The number of nitrogens with two attached hydrogens (primary N) is 1. The summed E-state index contributed by atoms with van der Waals surface area (Å²) in [7, 11) is 0. The first-order chi connectivity index (χ1) is 10.3. The summed E-state index contributed by atoms with van der Waals surface area (Å²) in [5.41, 5.74) is 7.55. The minimum Gasteiger partial charge on any atom is -0.329 e. The Labute approximate surface area is 127 Å². The third-order valence-electron chi connectivity index (χ3n) is 4.86. The summed E-state index contributed by atoms with van der Waals surface area (Å²) in [6, 6.07) is 15.6. The van der Waals surface area contributed by atoms with Gasteiger partial charge in [-0.3, -0.25) is 4.90 Å². The van der Waals surface area contributed by atoms with Crippen LogP contribution in [-0.4, -0.2) is 24.5 Å². The lowest BCUT2D eigenvalue weighted by Gasteiger charge is -2.28. The second kappa shape index (κ2) is 6.59. The lowest BCUT2D eigenvalue weighted by atomic mass is 9.97.